The van der Waals surface area contributed by atoms with Gasteiger partial charge in [-0.25, -0.2) is 4.39 Å². The Labute approximate surface area is 125 Å². The molecule has 1 fully saturated rings. The van der Waals surface area contributed by atoms with Crippen molar-refractivity contribution in [2.45, 2.75) is 56.4 Å². The Morgan fingerprint density at radius 3 is 2.90 bits per heavy atom. The number of thioether (sulfide) groups is 1. The van der Waals surface area contributed by atoms with E-state index in [1.54, 1.807) is 17.8 Å². The summed E-state index contributed by atoms with van der Waals surface area (Å²) in [5, 5.41) is 3.74. The van der Waals surface area contributed by atoms with E-state index in [0.29, 0.717) is 11.5 Å². The molecule has 1 aromatic carbocycles. The monoisotopic (exact) mass is 293 g/mol. The predicted molar refractivity (Wildman–Crippen MR) is 83.7 cm³/mol. The molecule has 1 saturated carbocycles. The van der Waals surface area contributed by atoms with Crippen molar-refractivity contribution in [1.29, 1.82) is 0 Å². The van der Waals surface area contributed by atoms with Crippen LogP contribution in [0.2, 0.25) is 0 Å². The molecule has 3 heteroatoms. The van der Waals surface area contributed by atoms with Gasteiger partial charge in [-0.15, -0.1) is 11.8 Å². The number of halogens is 1. The number of nitrogens with one attached hydrogen (secondary N) is 1. The second kappa shape index (κ2) is 6.07. The van der Waals surface area contributed by atoms with E-state index >= 15 is 0 Å². The van der Waals surface area contributed by atoms with Crippen molar-refractivity contribution in [2.24, 2.45) is 5.41 Å². The fourth-order valence-electron chi connectivity index (χ4n) is 3.55. The highest BCUT2D eigenvalue weighted by Gasteiger charge is 2.29. The maximum Gasteiger partial charge on any atom is 0.137 e. The Kier molecular flexibility index (Phi) is 4.37. The molecular weight excluding hydrogens is 269 g/mol. The quantitative estimate of drug-likeness (QED) is 0.848. The lowest BCUT2D eigenvalue weighted by Gasteiger charge is -2.36. The number of hydrogen-bond acceptors (Lipinski definition) is 2. The SMILES string of the molecule is CC1(CNC2CCSc3c(F)cccc32)CCCCC1. The standard InChI is InChI=1S/C17H24FNS/c1-17(9-3-2-4-10-17)12-19-15-8-11-20-16-13(15)6-5-7-14(16)18/h5-7,15,19H,2-4,8-12H2,1H3. The van der Waals surface area contributed by atoms with Crippen LogP contribution >= 0.6 is 11.8 Å². The molecule has 1 nitrogen and oxygen atoms in total. The van der Waals surface area contributed by atoms with Gasteiger partial charge in [0.1, 0.15) is 5.82 Å². The van der Waals surface area contributed by atoms with Gasteiger partial charge in [0, 0.05) is 17.5 Å². The zero-order valence-electron chi connectivity index (χ0n) is 12.3. The van der Waals surface area contributed by atoms with Crippen LogP contribution in [0.15, 0.2) is 23.1 Å². The van der Waals surface area contributed by atoms with Crippen LogP contribution in [0.25, 0.3) is 0 Å². The highest BCUT2D eigenvalue weighted by atomic mass is 32.2. The molecule has 2 aliphatic rings. The normalized spacial score (nSPS) is 25.2. The van der Waals surface area contributed by atoms with Crippen molar-refractivity contribution in [3.05, 3.63) is 29.6 Å². The Balaban J connectivity index is 1.69. The zero-order chi connectivity index (χ0) is 14.0. The minimum atomic E-state index is -0.0529. The van der Waals surface area contributed by atoms with Crippen molar-refractivity contribution in [3.63, 3.8) is 0 Å². The van der Waals surface area contributed by atoms with E-state index < -0.39 is 0 Å². The Morgan fingerprint density at radius 2 is 2.10 bits per heavy atom. The van der Waals surface area contributed by atoms with Crippen LogP contribution in [0.5, 0.6) is 0 Å². The second-order valence-corrected chi connectivity index (χ2v) is 7.71. The molecule has 0 saturated heterocycles. The minimum absolute atomic E-state index is 0.0529. The summed E-state index contributed by atoms with van der Waals surface area (Å²) >= 11 is 1.66. The van der Waals surface area contributed by atoms with Gasteiger partial charge in [-0.05, 0) is 42.1 Å². The molecule has 0 amide bonds. The third-order valence-corrected chi connectivity index (χ3v) is 6.02. The van der Waals surface area contributed by atoms with Gasteiger partial charge in [0.15, 0.2) is 0 Å². The molecule has 0 bridgehead atoms. The molecule has 20 heavy (non-hydrogen) atoms. The highest BCUT2D eigenvalue weighted by Crippen LogP contribution is 2.39. The second-order valence-electron chi connectivity index (χ2n) is 6.60. The molecule has 1 aliphatic heterocycles. The van der Waals surface area contributed by atoms with Gasteiger partial charge in [0.25, 0.3) is 0 Å². The Hall–Kier alpha value is -0.540. The fourth-order valence-corrected chi connectivity index (χ4v) is 4.69. The van der Waals surface area contributed by atoms with Crippen LogP contribution in [0.4, 0.5) is 4.39 Å². The average Bonchev–Trinajstić information content (AvgIpc) is 2.47. The number of rotatable bonds is 3. The summed E-state index contributed by atoms with van der Waals surface area (Å²) in [6, 6.07) is 5.85. The van der Waals surface area contributed by atoms with Gasteiger partial charge >= 0.3 is 0 Å². The smallest absolute Gasteiger partial charge is 0.137 e. The molecule has 110 valence electrons. The van der Waals surface area contributed by atoms with Gasteiger partial charge in [-0.1, -0.05) is 38.3 Å². The number of fused-ring (bicyclic) bond motifs is 1. The van der Waals surface area contributed by atoms with E-state index in [1.807, 2.05) is 6.07 Å². The maximum absolute atomic E-state index is 13.9. The predicted octanol–water partition coefficient (Wildman–Crippen LogP) is 4.92. The highest BCUT2D eigenvalue weighted by molar-refractivity contribution is 7.99. The molecule has 0 radical (unpaired) electrons. The Bertz CT molecular complexity index is 468. The van der Waals surface area contributed by atoms with Crippen LogP contribution in [-0.2, 0) is 0 Å². The van der Waals surface area contributed by atoms with E-state index in [9.17, 15) is 4.39 Å². The lowest BCUT2D eigenvalue weighted by Crippen LogP contribution is -2.36. The van der Waals surface area contributed by atoms with E-state index in [-0.39, 0.29) is 5.82 Å². The summed E-state index contributed by atoms with van der Waals surface area (Å²) in [4.78, 5) is 0.866. The summed E-state index contributed by atoms with van der Waals surface area (Å²) in [6.45, 7) is 3.47. The van der Waals surface area contributed by atoms with E-state index in [2.05, 4.69) is 18.3 Å². The average molecular weight is 293 g/mol. The van der Waals surface area contributed by atoms with Crippen molar-refractivity contribution >= 4 is 11.8 Å². The topological polar surface area (TPSA) is 12.0 Å². The lowest BCUT2D eigenvalue weighted by atomic mass is 9.75. The van der Waals surface area contributed by atoms with Gasteiger partial charge in [-0.2, -0.15) is 0 Å². The van der Waals surface area contributed by atoms with Crippen LogP contribution in [0, 0.1) is 11.2 Å². The van der Waals surface area contributed by atoms with Crippen LogP contribution in [0.1, 0.15) is 57.1 Å². The molecule has 0 spiro atoms. The third kappa shape index (κ3) is 3.04. The minimum Gasteiger partial charge on any atom is -0.309 e. The molecule has 1 aliphatic carbocycles. The van der Waals surface area contributed by atoms with Crippen molar-refractivity contribution in [3.8, 4) is 0 Å². The Morgan fingerprint density at radius 1 is 1.30 bits per heavy atom. The first kappa shape index (κ1) is 14.4. The molecule has 1 heterocycles. The van der Waals surface area contributed by atoms with Gasteiger partial charge < -0.3 is 5.32 Å². The van der Waals surface area contributed by atoms with Crippen LogP contribution in [0.3, 0.4) is 0 Å². The van der Waals surface area contributed by atoms with E-state index in [4.69, 9.17) is 0 Å². The molecule has 1 N–H and O–H groups in total. The van der Waals surface area contributed by atoms with Crippen molar-refractivity contribution in [2.75, 3.05) is 12.3 Å². The molecule has 1 aromatic rings. The molecular formula is C17H24FNS. The fraction of sp³-hybridized carbons (Fsp3) is 0.647. The van der Waals surface area contributed by atoms with E-state index in [1.165, 1.54) is 37.7 Å². The summed E-state index contributed by atoms with van der Waals surface area (Å²) in [6.07, 6.45) is 7.89. The largest absolute Gasteiger partial charge is 0.309 e. The number of benzene rings is 1. The molecule has 3 rings (SSSR count). The first-order valence-corrected chi connectivity index (χ1v) is 8.81. The van der Waals surface area contributed by atoms with Crippen LogP contribution < -0.4 is 5.32 Å². The first-order chi connectivity index (χ1) is 9.68. The van der Waals surface area contributed by atoms with Crippen molar-refractivity contribution < 1.29 is 4.39 Å². The van der Waals surface area contributed by atoms with Gasteiger partial charge in [-0.3, -0.25) is 0 Å². The zero-order valence-corrected chi connectivity index (χ0v) is 13.1. The summed E-state index contributed by atoms with van der Waals surface area (Å²) in [5.74, 6) is 0.963. The first-order valence-electron chi connectivity index (χ1n) is 7.83. The summed E-state index contributed by atoms with van der Waals surface area (Å²) in [5.41, 5.74) is 1.61. The third-order valence-electron chi connectivity index (χ3n) is 4.86. The maximum atomic E-state index is 13.9. The lowest BCUT2D eigenvalue weighted by molar-refractivity contribution is 0.199. The van der Waals surface area contributed by atoms with Crippen LogP contribution in [-0.4, -0.2) is 12.3 Å². The number of hydrogen-bond donors (Lipinski definition) is 1. The summed E-state index contributed by atoms with van der Waals surface area (Å²) in [7, 11) is 0. The van der Waals surface area contributed by atoms with Gasteiger partial charge in [0.2, 0.25) is 0 Å². The van der Waals surface area contributed by atoms with Gasteiger partial charge in [0.05, 0.1) is 0 Å². The molecule has 1 unspecified atom stereocenters. The van der Waals surface area contributed by atoms with E-state index in [0.717, 1.165) is 23.6 Å². The molecule has 1 atom stereocenters. The van der Waals surface area contributed by atoms with Crippen molar-refractivity contribution in [1.82, 2.24) is 5.32 Å². The molecule has 0 aromatic heterocycles. The summed E-state index contributed by atoms with van der Waals surface area (Å²) < 4.78 is 13.9.